The molecule has 0 N–H and O–H groups in total. The van der Waals surface area contributed by atoms with Crippen molar-refractivity contribution >= 4 is 0 Å². The van der Waals surface area contributed by atoms with Crippen LogP contribution in [0.15, 0.2) is 30.3 Å². The number of hydrogen-bond donors (Lipinski definition) is 0. The van der Waals surface area contributed by atoms with Gasteiger partial charge in [0.1, 0.15) is 0 Å². The van der Waals surface area contributed by atoms with Crippen LogP contribution in [0.3, 0.4) is 0 Å². The predicted molar refractivity (Wildman–Crippen MR) is 77.9 cm³/mol. The lowest BCUT2D eigenvalue weighted by atomic mass is 9.92. The molecule has 106 valence electrons. The Morgan fingerprint density at radius 3 is 2.47 bits per heavy atom. The van der Waals surface area contributed by atoms with Crippen molar-refractivity contribution in [1.29, 1.82) is 0 Å². The first-order valence-electron chi connectivity index (χ1n) is 7.63. The zero-order valence-electron chi connectivity index (χ0n) is 12.4. The highest BCUT2D eigenvalue weighted by atomic mass is 16.7. The average Bonchev–Trinajstić information content (AvgIpc) is 2.48. The van der Waals surface area contributed by atoms with Crippen LogP contribution in [0, 0.1) is 5.92 Å². The van der Waals surface area contributed by atoms with Gasteiger partial charge < -0.3 is 9.47 Å². The van der Waals surface area contributed by atoms with E-state index in [9.17, 15) is 0 Å². The minimum atomic E-state index is -0.535. The van der Waals surface area contributed by atoms with Gasteiger partial charge in [-0.15, -0.1) is 0 Å². The van der Waals surface area contributed by atoms with Crippen LogP contribution in [0.25, 0.3) is 0 Å². The van der Waals surface area contributed by atoms with E-state index in [4.69, 9.17) is 9.47 Å². The van der Waals surface area contributed by atoms with Crippen LogP contribution in [-0.4, -0.2) is 12.7 Å². The zero-order valence-corrected chi connectivity index (χ0v) is 12.4. The molecule has 0 bridgehead atoms. The summed E-state index contributed by atoms with van der Waals surface area (Å²) in [7, 11) is 0. The SMILES string of the molecule is CCC[C@@H]1O[C@](CC)(c2ccccc2)OC[C@H]1CC. The molecule has 1 aliphatic heterocycles. The van der Waals surface area contributed by atoms with Gasteiger partial charge in [0.15, 0.2) is 5.79 Å². The summed E-state index contributed by atoms with van der Waals surface area (Å²) in [5.41, 5.74) is 1.15. The number of rotatable bonds is 5. The van der Waals surface area contributed by atoms with Gasteiger partial charge >= 0.3 is 0 Å². The van der Waals surface area contributed by atoms with E-state index in [0.29, 0.717) is 12.0 Å². The van der Waals surface area contributed by atoms with Crippen LogP contribution in [0.2, 0.25) is 0 Å². The van der Waals surface area contributed by atoms with Crippen LogP contribution in [0.5, 0.6) is 0 Å². The van der Waals surface area contributed by atoms with Gasteiger partial charge in [-0.05, 0) is 12.8 Å². The highest BCUT2D eigenvalue weighted by Crippen LogP contribution is 2.39. The van der Waals surface area contributed by atoms with Crippen molar-refractivity contribution in [3.05, 3.63) is 35.9 Å². The van der Waals surface area contributed by atoms with Crippen molar-refractivity contribution < 1.29 is 9.47 Å². The molecule has 1 aliphatic rings. The molecule has 19 heavy (non-hydrogen) atoms. The number of benzene rings is 1. The molecule has 1 saturated heterocycles. The molecule has 3 atom stereocenters. The van der Waals surface area contributed by atoms with E-state index in [0.717, 1.165) is 37.9 Å². The van der Waals surface area contributed by atoms with Gasteiger partial charge in [-0.2, -0.15) is 0 Å². The third-order valence-electron chi connectivity index (χ3n) is 4.17. The molecular weight excluding hydrogens is 236 g/mol. The fourth-order valence-corrected chi connectivity index (χ4v) is 2.92. The summed E-state index contributed by atoms with van der Waals surface area (Å²) >= 11 is 0. The van der Waals surface area contributed by atoms with E-state index in [2.05, 4.69) is 45.0 Å². The lowest BCUT2D eigenvalue weighted by molar-refractivity contribution is -0.323. The first-order valence-corrected chi connectivity index (χ1v) is 7.63. The molecule has 2 nitrogen and oxygen atoms in total. The molecule has 2 heteroatoms. The lowest BCUT2D eigenvalue weighted by Gasteiger charge is -2.44. The van der Waals surface area contributed by atoms with Crippen LogP contribution in [0.4, 0.5) is 0 Å². The van der Waals surface area contributed by atoms with Crippen molar-refractivity contribution in [3.63, 3.8) is 0 Å². The van der Waals surface area contributed by atoms with Gasteiger partial charge in [-0.1, -0.05) is 57.5 Å². The van der Waals surface area contributed by atoms with Crippen molar-refractivity contribution in [2.45, 2.75) is 58.3 Å². The first-order chi connectivity index (χ1) is 9.25. The molecule has 0 unspecified atom stereocenters. The maximum Gasteiger partial charge on any atom is 0.194 e. The second-order valence-corrected chi connectivity index (χ2v) is 5.40. The standard InChI is InChI=1S/C17H26O2/c1-4-10-16-14(5-2)13-18-17(6-3,19-16)15-11-8-7-9-12-15/h7-9,11-12,14,16H,4-6,10,13H2,1-3H3/t14-,16+,17-/m1/s1. The molecule has 1 heterocycles. The van der Waals surface area contributed by atoms with E-state index >= 15 is 0 Å². The monoisotopic (exact) mass is 262 g/mol. The Morgan fingerprint density at radius 1 is 1.16 bits per heavy atom. The van der Waals surface area contributed by atoms with Gasteiger partial charge in [-0.25, -0.2) is 0 Å². The number of ether oxygens (including phenoxy) is 2. The van der Waals surface area contributed by atoms with Gasteiger partial charge in [0.25, 0.3) is 0 Å². The summed E-state index contributed by atoms with van der Waals surface area (Å²) in [5, 5.41) is 0. The van der Waals surface area contributed by atoms with Gasteiger partial charge in [0, 0.05) is 17.9 Å². The lowest BCUT2D eigenvalue weighted by Crippen LogP contribution is -2.46. The van der Waals surface area contributed by atoms with Crippen LogP contribution >= 0.6 is 0 Å². The molecule has 1 aromatic carbocycles. The van der Waals surface area contributed by atoms with E-state index in [1.807, 2.05) is 6.07 Å². The van der Waals surface area contributed by atoms with Crippen molar-refractivity contribution in [2.24, 2.45) is 5.92 Å². The van der Waals surface area contributed by atoms with Crippen LogP contribution in [0.1, 0.15) is 52.0 Å². The molecule has 0 aromatic heterocycles. The molecule has 0 spiro atoms. The topological polar surface area (TPSA) is 18.5 Å². The summed E-state index contributed by atoms with van der Waals surface area (Å²) in [6.45, 7) is 7.40. The predicted octanol–water partition coefficient (Wildman–Crippen LogP) is 4.49. The molecule has 1 aromatic rings. The maximum atomic E-state index is 6.43. The van der Waals surface area contributed by atoms with Crippen molar-refractivity contribution in [1.82, 2.24) is 0 Å². The normalized spacial score (nSPS) is 31.3. The molecule has 0 aliphatic carbocycles. The minimum Gasteiger partial charge on any atom is -0.345 e. The molecule has 2 rings (SSSR count). The Morgan fingerprint density at radius 2 is 1.89 bits per heavy atom. The summed E-state index contributed by atoms with van der Waals surface area (Å²) in [6, 6.07) is 10.4. The fraction of sp³-hybridized carbons (Fsp3) is 0.647. The van der Waals surface area contributed by atoms with E-state index < -0.39 is 5.79 Å². The van der Waals surface area contributed by atoms with Gasteiger partial charge in [-0.3, -0.25) is 0 Å². The highest BCUT2D eigenvalue weighted by molar-refractivity contribution is 5.20. The summed E-state index contributed by atoms with van der Waals surface area (Å²) < 4.78 is 12.6. The average molecular weight is 262 g/mol. The van der Waals surface area contributed by atoms with Crippen molar-refractivity contribution in [3.8, 4) is 0 Å². The zero-order chi connectivity index (χ0) is 13.7. The third-order valence-corrected chi connectivity index (χ3v) is 4.17. The molecule has 1 fully saturated rings. The molecule has 0 saturated carbocycles. The van der Waals surface area contributed by atoms with Crippen molar-refractivity contribution in [2.75, 3.05) is 6.61 Å². The molecule has 0 amide bonds. The quantitative estimate of drug-likeness (QED) is 0.778. The minimum absolute atomic E-state index is 0.323. The van der Waals surface area contributed by atoms with Crippen LogP contribution in [-0.2, 0) is 15.3 Å². The van der Waals surface area contributed by atoms with E-state index in [-0.39, 0.29) is 0 Å². The summed E-state index contributed by atoms with van der Waals surface area (Å²) in [5.74, 6) is -0.00409. The van der Waals surface area contributed by atoms with Gasteiger partial charge in [0.05, 0.1) is 12.7 Å². The van der Waals surface area contributed by atoms with Gasteiger partial charge in [0.2, 0.25) is 0 Å². The third kappa shape index (κ3) is 3.01. The number of hydrogen-bond acceptors (Lipinski definition) is 2. The second-order valence-electron chi connectivity index (χ2n) is 5.40. The summed E-state index contributed by atoms with van der Waals surface area (Å²) in [6.07, 6.45) is 4.59. The Kier molecular flexibility index (Phi) is 5.00. The first kappa shape index (κ1) is 14.5. The Labute approximate surface area is 117 Å². The molecular formula is C17H26O2. The largest absolute Gasteiger partial charge is 0.345 e. The Bertz CT molecular complexity index is 376. The smallest absolute Gasteiger partial charge is 0.194 e. The van der Waals surface area contributed by atoms with E-state index in [1.165, 1.54) is 0 Å². The Balaban J connectivity index is 2.22. The van der Waals surface area contributed by atoms with Crippen LogP contribution < -0.4 is 0 Å². The maximum absolute atomic E-state index is 6.43. The second kappa shape index (κ2) is 6.53. The highest BCUT2D eigenvalue weighted by Gasteiger charge is 2.41. The fourth-order valence-electron chi connectivity index (χ4n) is 2.92. The summed E-state index contributed by atoms with van der Waals surface area (Å²) in [4.78, 5) is 0. The van der Waals surface area contributed by atoms with E-state index in [1.54, 1.807) is 0 Å². The Hall–Kier alpha value is -0.860. The molecule has 0 radical (unpaired) electrons.